The summed E-state index contributed by atoms with van der Waals surface area (Å²) in [6.45, 7) is 4.45. The zero-order chi connectivity index (χ0) is 13.7. The molecule has 0 radical (unpaired) electrons. The molecule has 2 N–H and O–H groups in total. The van der Waals surface area contributed by atoms with Crippen molar-refractivity contribution in [3.63, 3.8) is 0 Å². The summed E-state index contributed by atoms with van der Waals surface area (Å²) in [4.78, 5) is 12.1. The fourth-order valence-electron chi connectivity index (χ4n) is 2.46. The summed E-state index contributed by atoms with van der Waals surface area (Å²) < 4.78 is 5.32. The molecular formula is C15H22N2O2. The van der Waals surface area contributed by atoms with Crippen molar-refractivity contribution in [2.45, 2.75) is 26.3 Å². The van der Waals surface area contributed by atoms with Gasteiger partial charge in [-0.1, -0.05) is 17.7 Å². The van der Waals surface area contributed by atoms with Crippen molar-refractivity contribution in [2.75, 3.05) is 20.2 Å². The predicted molar refractivity (Wildman–Crippen MR) is 75.2 cm³/mol. The molecule has 1 aromatic carbocycles. The number of ether oxygens (including phenoxy) is 1. The normalized spacial score (nSPS) is 16.1. The number of hydrogen-bond donors (Lipinski definition) is 2. The van der Waals surface area contributed by atoms with Gasteiger partial charge in [-0.3, -0.25) is 4.79 Å². The summed E-state index contributed by atoms with van der Waals surface area (Å²) in [5, 5.41) is 6.29. The van der Waals surface area contributed by atoms with Gasteiger partial charge in [-0.15, -0.1) is 0 Å². The topological polar surface area (TPSA) is 50.4 Å². The molecule has 0 saturated carbocycles. The Kier molecular flexibility index (Phi) is 4.80. The van der Waals surface area contributed by atoms with E-state index in [1.165, 1.54) is 5.56 Å². The van der Waals surface area contributed by atoms with Crippen LogP contribution >= 0.6 is 0 Å². The molecule has 0 atom stereocenters. The lowest BCUT2D eigenvalue weighted by Crippen LogP contribution is -2.37. The molecular weight excluding hydrogens is 240 g/mol. The SMILES string of the molecule is COc1ccc(C)cc1CNC(=O)C1CCNCC1. The zero-order valence-electron chi connectivity index (χ0n) is 11.7. The van der Waals surface area contributed by atoms with Crippen molar-refractivity contribution in [3.8, 4) is 5.75 Å². The number of carbonyl (C=O) groups is 1. The van der Waals surface area contributed by atoms with E-state index in [0.29, 0.717) is 6.54 Å². The third-order valence-corrected chi connectivity index (χ3v) is 3.60. The van der Waals surface area contributed by atoms with Gasteiger partial charge >= 0.3 is 0 Å². The second kappa shape index (κ2) is 6.57. The van der Waals surface area contributed by atoms with Crippen LogP contribution in [0.25, 0.3) is 0 Å². The second-order valence-electron chi connectivity index (χ2n) is 5.06. The van der Waals surface area contributed by atoms with E-state index in [4.69, 9.17) is 4.74 Å². The minimum Gasteiger partial charge on any atom is -0.496 e. The highest BCUT2D eigenvalue weighted by molar-refractivity contribution is 5.78. The Balaban J connectivity index is 1.94. The average molecular weight is 262 g/mol. The molecule has 1 fully saturated rings. The lowest BCUT2D eigenvalue weighted by Gasteiger charge is -2.22. The van der Waals surface area contributed by atoms with Crippen LogP contribution in [0.2, 0.25) is 0 Å². The largest absolute Gasteiger partial charge is 0.496 e. The van der Waals surface area contributed by atoms with Crippen molar-refractivity contribution in [3.05, 3.63) is 29.3 Å². The molecule has 1 aliphatic rings. The number of piperidine rings is 1. The fourth-order valence-corrected chi connectivity index (χ4v) is 2.46. The highest BCUT2D eigenvalue weighted by Crippen LogP contribution is 2.20. The van der Waals surface area contributed by atoms with Gasteiger partial charge in [-0.2, -0.15) is 0 Å². The van der Waals surface area contributed by atoms with Crippen LogP contribution in [0.15, 0.2) is 18.2 Å². The molecule has 1 aromatic rings. The number of nitrogens with one attached hydrogen (secondary N) is 2. The number of carbonyl (C=O) groups excluding carboxylic acids is 1. The standard InChI is InChI=1S/C15H22N2O2/c1-11-3-4-14(19-2)13(9-11)10-17-15(18)12-5-7-16-8-6-12/h3-4,9,12,16H,5-8,10H2,1-2H3,(H,17,18). The first-order chi connectivity index (χ1) is 9.20. The van der Waals surface area contributed by atoms with Gasteiger partial charge in [-0.05, 0) is 38.9 Å². The second-order valence-corrected chi connectivity index (χ2v) is 5.06. The summed E-state index contributed by atoms with van der Waals surface area (Å²) in [5.41, 5.74) is 2.21. The maximum atomic E-state index is 12.1. The molecule has 0 aromatic heterocycles. The van der Waals surface area contributed by atoms with E-state index in [-0.39, 0.29) is 11.8 Å². The van der Waals surface area contributed by atoms with E-state index in [1.54, 1.807) is 7.11 Å². The van der Waals surface area contributed by atoms with Gasteiger partial charge in [0.15, 0.2) is 0 Å². The zero-order valence-corrected chi connectivity index (χ0v) is 11.7. The van der Waals surface area contributed by atoms with Crippen LogP contribution in [0.1, 0.15) is 24.0 Å². The summed E-state index contributed by atoms with van der Waals surface area (Å²) in [6.07, 6.45) is 1.85. The van der Waals surface area contributed by atoms with Crippen LogP contribution in [-0.4, -0.2) is 26.1 Å². The number of methoxy groups -OCH3 is 1. The van der Waals surface area contributed by atoms with E-state index < -0.39 is 0 Å². The van der Waals surface area contributed by atoms with Crippen LogP contribution in [0.4, 0.5) is 0 Å². The first-order valence-corrected chi connectivity index (χ1v) is 6.82. The van der Waals surface area contributed by atoms with Gasteiger partial charge < -0.3 is 15.4 Å². The fraction of sp³-hybridized carbons (Fsp3) is 0.533. The Morgan fingerprint density at radius 3 is 2.84 bits per heavy atom. The Bertz CT molecular complexity index is 440. The van der Waals surface area contributed by atoms with Crippen molar-refractivity contribution < 1.29 is 9.53 Å². The molecule has 1 heterocycles. The van der Waals surface area contributed by atoms with E-state index in [2.05, 4.69) is 16.7 Å². The molecule has 4 heteroatoms. The smallest absolute Gasteiger partial charge is 0.223 e. The van der Waals surface area contributed by atoms with E-state index >= 15 is 0 Å². The van der Waals surface area contributed by atoms with Crippen LogP contribution < -0.4 is 15.4 Å². The maximum absolute atomic E-state index is 12.1. The highest BCUT2D eigenvalue weighted by Gasteiger charge is 2.20. The minimum atomic E-state index is 0.150. The molecule has 1 amide bonds. The summed E-state index contributed by atoms with van der Waals surface area (Å²) >= 11 is 0. The molecule has 0 unspecified atom stereocenters. The van der Waals surface area contributed by atoms with Crippen molar-refractivity contribution >= 4 is 5.91 Å². The van der Waals surface area contributed by atoms with Crippen molar-refractivity contribution in [1.29, 1.82) is 0 Å². The number of benzene rings is 1. The Morgan fingerprint density at radius 1 is 1.42 bits per heavy atom. The first kappa shape index (κ1) is 13.9. The molecule has 1 saturated heterocycles. The number of rotatable bonds is 4. The van der Waals surface area contributed by atoms with Gasteiger partial charge in [0.1, 0.15) is 5.75 Å². The number of amides is 1. The third-order valence-electron chi connectivity index (χ3n) is 3.60. The van der Waals surface area contributed by atoms with E-state index in [1.807, 2.05) is 19.1 Å². The predicted octanol–water partition coefficient (Wildman–Crippen LogP) is 1.62. The molecule has 19 heavy (non-hydrogen) atoms. The maximum Gasteiger partial charge on any atom is 0.223 e. The quantitative estimate of drug-likeness (QED) is 0.867. The molecule has 0 spiro atoms. The molecule has 0 bridgehead atoms. The molecule has 1 aliphatic heterocycles. The van der Waals surface area contributed by atoms with Gasteiger partial charge in [0.25, 0.3) is 0 Å². The average Bonchev–Trinajstić information content (AvgIpc) is 2.46. The summed E-state index contributed by atoms with van der Waals surface area (Å²) in [7, 11) is 1.66. The molecule has 4 nitrogen and oxygen atoms in total. The van der Waals surface area contributed by atoms with Gasteiger partial charge in [-0.25, -0.2) is 0 Å². The van der Waals surface area contributed by atoms with Crippen LogP contribution in [0.3, 0.4) is 0 Å². The Hall–Kier alpha value is -1.55. The molecule has 0 aliphatic carbocycles. The molecule has 2 rings (SSSR count). The Labute approximate surface area is 114 Å². The third kappa shape index (κ3) is 3.70. The van der Waals surface area contributed by atoms with Crippen molar-refractivity contribution in [1.82, 2.24) is 10.6 Å². The summed E-state index contributed by atoms with van der Waals surface area (Å²) in [6, 6.07) is 6.01. The van der Waals surface area contributed by atoms with E-state index in [0.717, 1.165) is 37.2 Å². The van der Waals surface area contributed by atoms with Gasteiger partial charge in [0.05, 0.1) is 7.11 Å². The summed E-state index contributed by atoms with van der Waals surface area (Å²) in [5.74, 6) is 1.14. The number of aryl methyl sites for hydroxylation is 1. The van der Waals surface area contributed by atoms with Crippen LogP contribution in [0.5, 0.6) is 5.75 Å². The van der Waals surface area contributed by atoms with Gasteiger partial charge in [0.2, 0.25) is 5.91 Å². The van der Waals surface area contributed by atoms with E-state index in [9.17, 15) is 4.79 Å². The minimum absolute atomic E-state index is 0.150. The highest BCUT2D eigenvalue weighted by atomic mass is 16.5. The van der Waals surface area contributed by atoms with Gasteiger partial charge in [0, 0.05) is 18.0 Å². The monoisotopic (exact) mass is 262 g/mol. The lowest BCUT2D eigenvalue weighted by atomic mass is 9.97. The van der Waals surface area contributed by atoms with Crippen molar-refractivity contribution in [2.24, 2.45) is 5.92 Å². The van der Waals surface area contributed by atoms with Crippen LogP contribution in [-0.2, 0) is 11.3 Å². The Morgan fingerprint density at radius 2 is 2.16 bits per heavy atom. The lowest BCUT2D eigenvalue weighted by molar-refractivity contribution is -0.125. The molecule has 104 valence electrons. The first-order valence-electron chi connectivity index (χ1n) is 6.82. The number of hydrogen-bond acceptors (Lipinski definition) is 3. The van der Waals surface area contributed by atoms with Crippen LogP contribution in [0, 0.1) is 12.8 Å².